The van der Waals surface area contributed by atoms with Gasteiger partial charge in [-0.15, -0.1) is 0 Å². The molecule has 0 aromatic heterocycles. The SMILES string of the molecule is CC1=C(/C=C/C(C)=C/C=C/C(C)=C/C=C/C=C(C)/C=C/C=C(\C)CCC2=C(C)C(=O)[C@@H](O)CC2(C)C)C(C)(C)C[C@H](O)C1=O. The smallest absolute Gasteiger partial charge is 0.187 e. The fraction of sp³-hybridized carbons (Fsp3) is 0.450. The van der Waals surface area contributed by atoms with Crippen molar-refractivity contribution in [2.24, 2.45) is 10.8 Å². The Morgan fingerprint density at radius 1 is 0.682 bits per heavy atom. The molecular weight excluding hydrogens is 544 g/mol. The van der Waals surface area contributed by atoms with E-state index in [0.29, 0.717) is 18.4 Å². The first-order valence-electron chi connectivity index (χ1n) is 15.7. The van der Waals surface area contributed by atoms with Gasteiger partial charge < -0.3 is 10.2 Å². The molecule has 0 aliphatic heterocycles. The molecule has 0 unspecified atom stereocenters. The van der Waals surface area contributed by atoms with Gasteiger partial charge in [-0.2, -0.15) is 0 Å². The Labute approximate surface area is 266 Å². The lowest BCUT2D eigenvalue weighted by atomic mass is 9.69. The van der Waals surface area contributed by atoms with E-state index in [1.165, 1.54) is 11.1 Å². The maximum absolute atomic E-state index is 12.3. The summed E-state index contributed by atoms with van der Waals surface area (Å²) in [6.07, 6.45) is 25.5. The maximum Gasteiger partial charge on any atom is 0.187 e. The molecule has 44 heavy (non-hydrogen) atoms. The maximum atomic E-state index is 12.3. The zero-order valence-corrected chi connectivity index (χ0v) is 28.6. The number of aliphatic hydroxyl groups is 2. The first kappa shape index (κ1) is 36.8. The van der Waals surface area contributed by atoms with Crippen molar-refractivity contribution in [2.45, 2.75) is 107 Å². The Kier molecular flexibility index (Phi) is 13.5. The minimum atomic E-state index is -0.904. The van der Waals surface area contributed by atoms with E-state index < -0.39 is 12.2 Å². The second-order valence-electron chi connectivity index (χ2n) is 13.8. The number of Topliss-reactive ketones (excluding diaryl/α,β-unsaturated/α-hetero) is 2. The molecule has 0 fully saturated rings. The predicted molar refractivity (Wildman–Crippen MR) is 185 cm³/mol. The molecule has 0 saturated heterocycles. The molecule has 238 valence electrons. The third-order valence-corrected chi connectivity index (χ3v) is 8.72. The molecule has 0 radical (unpaired) electrons. The van der Waals surface area contributed by atoms with Crippen LogP contribution in [0.3, 0.4) is 0 Å². The molecule has 0 spiro atoms. The number of hydrogen-bond donors (Lipinski definition) is 2. The summed E-state index contributed by atoms with van der Waals surface area (Å²) in [5.74, 6) is -0.296. The molecule has 0 saturated carbocycles. The van der Waals surface area contributed by atoms with E-state index in [0.717, 1.165) is 40.7 Å². The van der Waals surface area contributed by atoms with Gasteiger partial charge in [0.25, 0.3) is 0 Å². The van der Waals surface area contributed by atoms with Gasteiger partial charge in [-0.1, -0.05) is 128 Å². The molecule has 0 aromatic rings. The summed E-state index contributed by atoms with van der Waals surface area (Å²) in [6, 6.07) is 0. The van der Waals surface area contributed by atoms with Crippen molar-refractivity contribution in [1.82, 2.24) is 0 Å². The standard InChI is InChI=1S/C40H54O4/c1-27(17-13-19-29(3)21-23-33-31(5)37(43)35(41)25-39(33,7)8)15-11-12-16-28(2)18-14-20-30(4)22-24-34-32(6)38(44)36(42)26-40(34,9)10/h11-21,23,35-36,41-42H,22,24-26H2,1-10H3/b12-11+,17-13+,18-14+,23-21+,27-15+,28-16+,29-19+,30-20+/t35-,36-/m0/s1. The predicted octanol–water partition coefficient (Wildman–Crippen LogP) is 9.13. The lowest BCUT2D eigenvalue weighted by molar-refractivity contribution is -0.126. The van der Waals surface area contributed by atoms with Crippen LogP contribution in [0.2, 0.25) is 0 Å². The second kappa shape index (κ2) is 16.1. The number of aliphatic hydroxyl groups excluding tert-OH is 2. The average Bonchev–Trinajstić information content (AvgIpc) is 2.92. The number of carbonyl (C=O) groups excluding carboxylic acids is 2. The molecule has 0 amide bonds. The molecule has 2 rings (SSSR count). The number of carbonyl (C=O) groups is 2. The van der Waals surface area contributed by atoms with Gasteiger partial charge in [-0.05, 0) is 94.8 Å². The van der Waals surface area contributed by atoms with Crippen LogP contribution in [0.5, 0.6) is 0 Å². The number of hydrogen-bond acceptors (Lipinski definition) is 4. The minimum Gasteiger partial charge on any atom is -0.385 e. The summed E-state index contributed by atoms with van der Waals surface area (Å²) in [7, 11) is 0. The first-order chi connectivity index (χ1) is 20.5. The topological polar surface area (TPSA) is 74.6 Å². The fourth-order valence-electron chi connectivity index (χ4n) is 5.98. The molecule has 4 heteroatoms. The van der Waals surface area contributed by atoms with Gasteiger partial charge in [-0.25, -0.2) is 0 Å². The van der Waals surface area contributed by atoms with Crippen molar-refractivity contribution >= 4 is 11.6 Å². The Morgan fingerprint density at radius 3 is 1.70 bits per heavy atom. The highest BCUT2D eigenvalue weighted by molar-refractivity contribution is 6.01. The number of rotatable bonds is 11. The summed E-state index contributed by atoms with van der Waals surface area (Å²) in [5.41, 5.74) is 7.74. The minimum absolute atomic E-state index is 0.124. The zero-order valence-electron chi connectivity index (χ0n) is 28.6. The van der Waals surface area contributed by atoms with Gasteiger partial charge in [0.15, 0.2) is 11.6 Å². The second-order valence-corrected chi connectivity index (χ2v) is 13.8. The number of ketones is 2. The molecule has 2 N–H and O–H groups in total. The highest BCUT2D eigenvalue weighted by Crippen LogP contribution is 2.42. The van der Waals surface area contributed by atoms with Gasteiger partial charge in [-0.3, -0.25) is 9.59 Å². The van der Waals surface area contributed by atoms with Crippen molar-refractivity contribution in [3.63, 3.8) is 0 Å². The van der Waals surface area contributed by atoms with Crippen LogP contribution < -0.4 is 0 Å². The average molecular weight is 599 g/mol. The van der Waals surface area contributed by atoms with Crippen molar-refractivity contribution in [2.75, 3.05) is 0 Å². The lowest BCUT2D eigenvalue weighted by Gasteiger charge is -2.36. The van der Waals surface area contributed by atoms with Gasteiger partial charge in [0.05, 0.1) is 0 Å². The van der Waals surface area contributed by atoms with E-state index in [2.05, 4.69) is 84.9 Å². The Hall–Kier alpha value is -3.34. The van der Waals surface area contributed by atoms with Crippen molar-refractivity contribution in [3.05, 3.63) is 117 Å². The van der Waals surface area contributed by atoms with Crippen LogP contribution >= 0.6 is 0 Å². The number of allylic oxidation sites excluding steroid dienone is 18. The largest absolute Gasteiger partial charge is 0.385 e. The summed E-state index contributed by atoms with van der Waals surface area (Å²) >= 11 is 0. The van der Waals surface area contributed by atoms with Crippen LogP contribution in [0.4, 0.5) is 0 Å². The molecule has 2 atom stereocenters. The van der Waals surface area contributed by atoms with Crippen molar-refractivity contribution in [1.29, 1.82) is 0 Å². The quantitative estimate of drug-likeness (QED) is 0.233. The van der Waals surface area contributed by atoms with Gasteiger partial charge >= 0.3 is 0 Å². The third-order valence-electron chi connectivity index (χ3n) is 8.72. The monoisotopic (exact) mass is 598 g/mol. The van der Waals surface area contributed by atoms with Gasteiger partial charge in [0.2, 0.25) is 0 Å². The molecular formula is C40H54O4. The summed E-state index contributed by atoms with van der Waals surface area (Å²) in [4.78, 5) is 24.5. The van der Waals surface area contributed by atoms with Crippen LogP contribution in [0, 0.1) is 10.8 Å². The summed E-state index contributed by atoms with van der Waals surface area (Å²) in [5, 5.41) is 20.1. The van der Waals surface area contributed by atoms with Crippen LogP contribution in [0.1, 0.15) is 94.9 Å². The highest BCUT2D eigenvalue weighted by Gasteiger charge is 2.38. The highest BCUT2D eigenvalue weighted by atomic mass is 16.3. The normalized spacial score (nSPS) is 24.4. The van der Waals surface area contributed by atoms with Crippen LogP contribution in [-0.2, 0) is 9.59 Å². The molecule has 4 nitrogen and oxygen atoms in total. The molecule has 2 aliphatic carbocycles. The summed E-state index contributed by atoms with van der Waals surface area (Å²) < 4.78 is 0. The zero-order chi connectivity index (χ0) is 33.2. The van der Waals surface area contributed by atoms with E-state index >= 15 is 0 Å². The lowest BCUT2D eigenvalue weighted by Crippen LogP contribution is -2.36. The van der Waals surface area contributed by atoms with Crippen LogP contribution in [0.15, 0.2) is 117 Å². The van der Waals surface area contributed by atoms with E-state index in [1.807, 2.05) is 50.3 Å². The summed E-state index contributed by atoms with van der Waals surface area (Å²) in [6.45, 7) is 20.3. The molecule has 2 aliphatic rings. The van der Waals surface area contributed by atoms with Crippen molar-refractivity contribution in [3.8, 4) is 0 Å². The van der Waals surface area contributed by atoms with Gasteiger partial charge in [0, 0.05) is 0 Å². The molecule has 0 aromatic carbocycles. The molecule has 0 bridgehead atoms. The van der Waals surface area contributed by atoms with E-state index in [-0.39, 0.29) is 22.4 Å². The molecule has 0 heterocycles. The van der Waals surface area contributed by atoms with Gasteiger partial charge in [0.1, 0.15) is 12.2 Å². The van der Waals surface area contributed by atoms with E-state index in [4.69, 9.17) is 0 Å². The van der Waals surface area contributed by atoms with Crippen molar-refractivity contribution < 1.29 is 19.8 Å². The van der Waals surface area contributed by atoms with Crippen LogP contribution in [0.25, 0.3) is 0 Å². The Balaban J connectivity index is 1.90. The van der Waals surface area contributed by atoms with E-state index in [9.17, 15) is 19.8 Å². The van der Waals surface area contributed by atoms with Crippen LogP contribution in [-0.4, -0.2) is 34.0 Å². The van der Waals surface area contributed by atoms with E-state index in [1.54, 1.807) is 6.92 Å². The Bertz CT molecular complexity index is 1410. The fourth-order valence-corrected chi connectivity index (χ4v) is 5.98. The Morgan fingerprint density at radius 2 is 1.14 bits per heavy atom. The first-order valence-corrected chi connectivity index (χ1v) is 15.7. The third kappa shape index (κ3) is 10.7.